The summed E-state index contributed by atoms with van der Waals surface area (Å²) in [6, 6.07) is 2.57. The molecule has 1 aromatic rings. The summed E-state index contributed by atoms with van der Waals surface area (Å²) in [6.45, 7) is 7.70. The van der Waals surface area contributed by atoms with E-state index in [1.54, 1.807) is 0 Å². The van der Waals surface area contributed by atoms with E-state index in [0.29, 0.717) is 17.8 Å². The van der Waals surface area contributed by atoms with E-state index < -0.39 is 0 Å². The minimum absolute atomic E-state index is 0.597. The zero-order valence-corrected chi connectivity index (χ0v) is 13.1. The van der Waals surface area contributed by atoms with E-state index in [1.807, 2.05) is 6.07 Å². The number of hydrogen-bond donors (Lipinski definition) is 1. The third-order valence-electron chi connectivity index (χ3n) is 4.10. The SMILES string of the molecule is CCc1nc(N)cc(N(CCC(C)C)C2CCCC2)n1. The summed E-state index contributed by atoms with van der Waals surface area (Å²) in [4.78, 5) is 11.5. The summed E-state index contributed by atoms with van der Waals surface area (Å²) in [5, 5.41) is 0. The Balaban J connectivity index is 2.22. The molecule has 1 aliphatic rings. The first-order chi connectivity index (χ1) is 9.60. The number of nitrogens with zero attached hydrogens (tertiary/aromatic N) is 3. The summed E-state index contributed by atoms with van der Waals surface area (Å²) in [5.74, 6) is 3.19. The highest BCUT2D eigenvalue weighted by molar-refractivity contribution is 5.48. The van der Waals surface area contributed by atoms with E-state index >= 15 is 0 Å². The van der Waals surface area contributed by atoms with Gasteiger partial charge in [-0.1, -0.05) is 33.6 Å². The van der Waals surface area contributed by atoms with Crippen molar-refractivity contribution in [2.24, 2.45) is 5.92 Å². The van der Waals surface area contributed by atoms with Gasteiger partial charge in [0.15, 0.2) is 0 Å². The lowest BCUT2D eigenvalue weighted by atomic mass is 10.1. The fourth-order valence-electron chi connectivity index (χ4n) is 2.91. The van der Waals surface area contributed by atoms with Crippen molar-refractivity contribution < 1.29 is 0 Å². The van der Waals surface area contributed by atoms with Crippen LogP contribution in [0, 0.1) is 5.92 Å². The lowest BCUT2D eigenvalue weighted by Gasteiger charge is -2.31. The van der Waals surface area contributed by atoms with Gasteiger partial charge in [0.25, 0.3) is 0 Å². The molecule has 0 aliphatic heterocycles. The van der Waals surface area contributed by atoms with Gasteiger partial charge in [-0.15, -0.1) is 0 Å². The van der Waals surface area contributed by atoms with Gasteiger partial charge in [-0.3, -0.25) is 0 Å². The molecule has 0 saturated heterocycles. The molecule has 2 N–H and O–H groups in total. The fourth-order valence-corrected chi connectivity index (χ4v) is 2.91. The Bertz CT molecular complexity index is 424. The molecule has 1 fully saturated rings. The second-order valence-corrected chi connectivity index (χ2v) is 6.23. The molecule has 1 saturated carbocycles. The van der Waals surface area contributed by atoms with E-state index in [2.05, 4.69) is 30.7 Å². The van der Waals surface area contributed by atoms with E-state index in [1.165, 1.54) is 32.1 Å². The van der Waals surface area contributed by atoms with Gasteiger partial charge in [0, 0.05) is 25.1 Å². The maximum absolute atomic E-state index is 5.95. The molecular formula is C16H28N4. The standard InChI is InChI=1S/C16H28N4/c1-4-15-18-14(17)11-16(19-15)20(10-9-12(2)3)13-7-5-6-8-13/h11-13H,4-10H2,1-3H3,(H2,17,18,19). The summed E-state index contributed by atoms with van der Waals surface area (Å²) in [7, 11) is 0. The van der Waals surface area contributed by atoms with Gasteiger partial charge in [-0.05, 0) is 25.2 Å². The smallest absolute Gasteiger partial charge is 0.134 e. The number of rotatable bonds is 6. The predicted molar refractivity (Wildman–Crippen MR) is 84.9 cm³/mol. The Morgan fingerprint density at radius 1 is 1.30 bits per heavy atom. The van der Waals surface area contributed by atoms with Crippen molar-refractivity contribution in [1.29, 1.82) is 0 Å². The lowest BCUT2D eigenvalue weighted by molar-refractivity contribution is 0.524. The van der Waals surface area contributed by atoms with Crippen LogP contribution in [0.5, 0.6) is 0 Å². The Morgan fingerprint density at radius 3 is 2.60 bits per heavy atom. The van der Waals surface area contributed by atoms with Crippen molar-refractivity contribution in [2.45, 2.75) is 65.3 Å². The average Bonchev–Trinajstić information content (AvgIpc) is 2.92. The molecule has 2 rings (SSSR count). The van der Waals surface area contributed by atoms with Crippen molar-refractivity contribution in [1.82, 2.24) is 9.97 Å². The van der Waals surface area contributed by atoms with Crippen LogP contribution in [0.2, 0.25) is 0 Å². The van der Waals surface area contributed by atoms with Crippen LogP contribution in [0.3, 0.4) is 0 Å². The largest absolute Gasteiger partial charge is 0.384 e. The maximum atomic E-state index is 5.95. The fraction of sp³-hybridized carbons (Fsp3) is 0.750. The maximum Gasteiger partial charge on any atom is 0.134 e. The molecule has 1 heterocycles. The van der Waals surface area contributed by atoms with Gasteiger partial charge in [0.05, 0.1) is 0 Å². The molecule has 0 amide bonds. The summed E-state index contributed by atoms with van der Waals surface area (Å²) in [6.07, 6.45) is 7.27. The Labute approximate surface area is 122 Å². The first-order valence-corrected chi connectivity index (χ1v) is 8.00. The van der Waals surface area contributed by atoms with Gasteiger partial charge in [-0.2, -0.15) is 0 Å². The van der Waals surface area contributed by atoms with Crippen molar-refractivity contribution in [2.75, 3.05) is 17.2 Å². The molecule has 0 spiro atoms. The van der Waals surface area contributed by atoms with E-state index in [-0.39, 0.29) is 0 Å². The second kappa shape index (κ2) is 6.91. The van der Waals surface area contributed by atoms with Crippen molar-refractivity contribution >= 4 is 11.6 Å². The van der Waals surface area contributed by atoms with Crippen molar-refractivity contribution in [3.8, 4) is 0 Å². The number of anilines is 2. The Kier molecular flexibility index (Phi) is 5.21. The zero-order valence-electron chi connectivity index (χ0n) is 13.1. The highest BCUT2D eigenvalue weighted by Crippen LogP contribution is 2.28. The molecular weight excluding hydrogens is 248 g/mol. The molecule has 20 heavy (non-hydrogen) atoms. The topological polar surface area (TPSA) is 55.0 Å². The molecule has 4 nitrogen and oxygen atoms in total. The van der Waals surface area contributed by atoms with Crippen LogP contribution in [0.25, 0.3) is 0 Å². The van der Waals surface area contributed by atoms with Gasteiger partial charge < -0.3 is 10.6 Å². The second-order valence-electron chi connectivity index (χ2n) is 6.23. The molecule has 0 unspecified atom stereocenters. The molecule has 112 valence electrons. The Morgan fingerprint density at radius 2 is 2.00 bits per heavy atom. The van der Waals surface area contributed by atoms with Gasteiger partial charge in [-0.25, -0.2) is 9.97 Å². The molecule has 0 aromatic carbocycles. The zero-order chi connectivity index (χ0) is 14.5. The molecule has 0 atom stereocenters. The van der Waals surface area contributed by atoms with Gasteiger partial charge in [0.2, 0.25) is 0 Å². The summed E-state index contributed by atoms with van der Waals surface area (Å²) < 4.78 is 0. The number of hydrogen-bond acceptors (Lipinski definition) is 4. The van der Waals surface area contributed by atoms with Crippen molar-refractivity contribution in [3.63, 3.8) is 0 Å². The van der Waals surface area contributed by atoms with Crippen LogP contribution in [0.1, 0.15) is 58.7 Å². The third kappa shape index (κ3) is 3.84. The van der Waals surface area contributed by atoms with E-state index in [4.69, 9.17) is 10.7 Å². The number of aryl methyl sites for hydroxylation is 1. The van der Waals surface area contributed by atoms with E-state index in [9.17, 15) is 0 Å². The van der Waals surface area contributed by atoms with Gasteiger partial charge >= 0.3 is 0 Å². The predicted octanol–water partition coefficient (Wildman–Crippen LogP) is 3.42. The van der Waals surface area contributed by atoms with Gasteiger partial charge in [0.1, 0.15) is 17.5 Å². The molecule has 0 radical (unpaired) electrons. The van der Waals surface area contributed by atoms with Crippen LogP contribution in [0.4, 0.5) is 11.6 Å². The normalized spacial score (nSPS) is 16.0. The van der Waals surface area contributed by atoms with Crippen LogP contribution in [0.15, 0.2) is 6.07 Å². The minimum atomic E-state index is 0.597. The average molecular weight is 276 g/mol. The van der Waals surface area contributed by atoms with E-state index in [0.717, 1.165) is 24.6 Å². The highest BCUT2D eigenvalue weighted by atomic mass is 15.2. The quantitative estimate of drug-likeness (QED) is 0.865. The van der Waals surface area contributed by atoms with Crippen LogP contribution >= 0.6 is 0 Å². The number of nitrogens with two attached hydrogens (primary N) is 1. The minimum Gasteiger partial charge on any atom is -0.384 e. The third-order valence-corrected chi connectivity index (χ3v) is 4.10. The number of nitrogen functional groups attached to an aromatic ring is 1. The first kappa shape index (κ1) is 15.1. The monoisotopic (exact) mass is 276 g/mol. The van der Waals surface area contributed by atoms with Crippen molar-refractivity contribution in [3.05, 3.63) is 11.9 Å². The molecule has 4 heteroatoms. The molecule has 1 aliphatic carbocycles. The highest BCUT2D eigenvalue weighted by Gasteiger charge is 2.24. The Hall–Kier alpha value is -1.32. The molecule has 1 aromatic heterocycles. The first-order valence-electron chi connectivity index (χ1n) is 8.00. The molecule has 0 bridgehead atoms. The number of aromatic nitrogens is 2. The summed E-state index contributed by atoms with van der Waals surface area (Å²) in [5.41, 5.74) is 5.95. The lowest BCUT2D eigenvalue weighted by Crippen LogP contribution is -2.35. The van der Waals surface area contributed by atoms with Crippen LogP contribution < -0.4 is 10.6 Å². The van der Waals surface area contributed by atoms with Crippen LogP contribution in [-0.4, -0.2) is 22.6 Å². The van der Waals surface area contributed by atoms with Crippen LogP contribution in [-0.2, 0) is 6.42 Å². The summed E-state index contributed by atoms with van der Waals surface area (Å²) >= 11 is 0.